The molecule has 0 aromatic heterocycles. The maximum atomic E-state index is 8.15. The van der Waals surface area contributed by atoms with E-state index >= 15 is 0 Å². The summed E-state index contributed by atoms with van der Waals surface area (Å²) < 4.78 is 0. The number of aliphatic hydroxyl groups excluding tert-OH is 1. The number of rotatable bonds is 2. The molecule has 1 rings (SSSR count). The summed E-state index contributed by atoms with van der Waals surface area (Å²) in [4.78, 5) is 3.72. The normalized spacial score (nSPS) is 12.5. The minimum atomic E-state index is 0. The first-order valence-electron chi connectivity index (χ1n) is 3.65. The van der Waals surface area contributed by atoms with Gasteiger partial charge in [0.05, 0.1) is 6.20 Å². The molecule has 0 amide bonds. The Morgan fingerprint density at radius 3 is 2.50 bits per heavy atom. The number of halogens is 1. The predicted octanol–water partition coefficient (Wildman–Crippen LogP) is -2.99. The van der Waals surface area contributed by atoms with E-state index in [2.05, 4.69) is 4.99 Å². The minimum absolute atomic E-state index is 0. The highest BCUT2D eigenvalue weighted by Gasteiger charge is 1.76. The number of aliphatic hydroxyl groups is 1. The maximum Gasteiger partial charge on any atom is 0.191 e. The van der Waals surface area contributed by atoms with E-state index < -0.39 is 0 Å². The van der Waals surface area contributed by atoms with Gasteiger partial charge in [-0.15, -0.1) is 0 Å². The maximum absolute atomic E-state index is 8.15. The van der Waals surface area contributed by atoms with Crippen molar-refractivity contribution in [3.05, 3.63) is 24.6 Å². The number of aliphatic imine (C=N–C) groups is 1. The average molecular weight is 235 g/mol. The molecular weight excluding hydrogens is 220 g/mol. The van der Waals surface area contributed by atoms with Crippen LogP contribution >= 0.6 is 0 Å². The van der Waals surface area contributed by atoms with Crippen molar-refractivity contribution in [3.8, 4) is 0 Å². The fourth-order valence-electron chi connectivity index (χ4n) is 0.490. The summed E-state index contributed by atoms with van der Waals surface area (Å²) in [5.41, 5.74) is 0. The molecule has 1 aliphatic heterocycles. The van der Waals surface area contributed by atoms with E-state index in [1.54, 1.807) is 12.5 Å². The molecule has 1 aliphatic rings. The first kappa shape index (κ1) is 14.1. The molecule has 0 fully saturated rings. The zero-order valence-electron chi connectivity index (χ0n) is 7.15. The smallest absolute Gasteiger partial charge is 0.191 e. The molecule has 0 aromatic rings. The number of nitrogens with two attached hydrogens (primary N) is 1. The molecule has 0 saturated heterocycles. The van der Waals surface area contributed by atoms with Gasteiger partial charge >= 0.3 is 0 Å². The summed E-state index contributed by atoms with van der Waals surface area (Å²) in [6.45, 7) is 2.21. The van der Waals surface area contributed by atoms with Crippen LogP contribution in [0.4, 0.5) is 0 Å². The van der Waals surface area contributed by atoms with Crippen molar-refractivity contribution in [2.24, 2.45) is 4.99 Å². The van der Waals surface area contributed by atoms with Gasteiger partial charge in [-0.3, -0.25) is 5.32 Å². The van der Waals surface area contributed by atoms with E-state index in [4.69, 9.17) is 5.11 Å². The van der Waals surface area contributed by atoms with Crippen molar-refractivity contribution >= 4 is 6.34 Å². The topological polar surface area (TPSA) is 49.2 Å². The van der Waals surface area contributed by atoms with Crippen molar-refractivity contribution in [3.63, 3.8) is 0 Å². The molecule has 0 aliphatic carbocycles. The highest BCUT2D eigenvalue weighted by Crippen LogP contribution is 1.75. The summed E-state index contributed by atoms with van der Waals surface area (Å²) in [7, 11) is 0. The largest absolute Gasteiger partial charge is 1.00 e. The van der Waals surface area contributed by atoms with E-state index in [9.17, 15) is 0 Å². The van der Waals surface area contributed by atoms with E-state index in [1.165, 1.54) is 0 Å². The van der Waals surface area contributed by atoms with Crippen LogP contribution < -0.4 is 22.3 Å². The third-order valence-electron chi connectivity index (χ3n) is 0.987. The molecule has 3 N–H and O–H groups in total. The highest BCUT2D eigenvalue weighted by atomic mass is 79.9. The second-order valence-electron chi connectivity index (χ2n) is 1.91. The summed E-state index contributed by atoms with van der Waals surface area (Å²) >= 11 is 0. The Morgan fingerprint density at radius 2 is 2.33 bits per heavy atom. The fraction of sp³-hybridized carbons (Fsp3) is 0.375. The quantitative estimate of drug-likeness (QED) is 0.493. The predicted molar refractivity (Wildman–Crippen MR) is 46.1 cm³/mol. The molecule has 12 heavy (non-hydrogen) atoms. The van der Waals surface area contributed by atoms with E-state index in [-0.39, 0.29) is 23.6 Å². The number of quaternary nitrogens is 1. The molecule has 0 bridgehead atoms. The van der Waals surface area contributed by atoms with Crippen LogP contribution in [0.3, 0.4) is 0 Å². The number of hydrogen-bond donors (Lipinski definition) is 2. The van der Waals surface area contributed by atoms with Gasteiger partial charge in [0.15, 0.2) is 6.34 Å². The molecule has 0 atom stereocenters. The third kappa shape index (κ3) is 12.2. The summed E-state index contributed by atoms with van der Waals surface area (Å²) in [5, 5.41) is 10.0. The van der Waals surface area contributed by atoms with Crippen molar-refractivity contribution < 1.29 is 27.4 Å². The van der Waals surface area contributed by atoms with Gasteiger partial charge in [-0.05, 0) is 13.3 Å². The zero-order chi connectivity index (χ0) is 8.36. The molecule has 1 heterocycles. The summed E-state index contributed by atoms with van der Waals surface area (Å²) in [6.07, 6.45) is 10.0. The van der Waals surface area contributed by atoms with Crippen LogP contribution in [0.15, 0.2) is 29.5 Å². The first-order valence-corrected chi connectivity index (χ1v) is 3.65. The fourth-order valence-corrected chi connectivity index (χ4v) is 0.490. The molecule has 0 spiro atoms. The van der Waals surface area contributed by atoms with Gasteiger partial charge in [0.25, 0.3) is 0 Å². The van der Waals surface area contributed by atoms with Crippen molar-refractivity contribution in [1.82, 2.24) is 0 Å². The van der Waals surface area contributed by atoms with Crippen LogP contribution in [-0.2, 0) is 0 Å². The van der Waals surface area contributed by atoms with Crippen LogP contribution in [0.5, 0.6) is 0 Å². The Morgan fingerprint density at radius 1 is 1.58 bits per heavy atom. The summed E-state index contributed by atoms with van der Waals surface area (Å²) in [6, 6.07) is 0. The summed E-state index contributed by atoms with van der Waals surface area (Å²) in [5.74, 6) is 0. The van der Waals surface area contributed by atoms with Crippen molar-refractivity contribution in [2.45, 2.75) is 13.3 Å². The number of hydrogen-bond acceptors (Lipinski definition) is 2. The van der Waals surface area contributed by atoms with Gasteiger partial charge in [0, 0.05) is 6.61 Å². The van der Waals surface area contributed by atoms with Crippen LogP contribution in [0.25, 0.3) is 0 Å². The van der Waals surface area contributed by atoms with E-state index in [1.807, 2.05) is 30.6 Å². The van der Waals surface area contributed by atoms with Gasteiger partial charge < -0.3 is 22.1 Å². The average Bonchev–Trinajstić information content (AvgIpc) is 2.57. The van der Waals surface area contributed by atoms with Crippen LogP contribution in [0.1, 0.15) is 13.3 Å². The molecule has 0 unspecified atom stereocenters. The Labute approximate surface area is 83.7 Å². The second kappa shape index (κ2) is 13.2. The minimum Gasteiger partial charge on any atom is -1.00 e. The Balaban J connectivity index is 0. The molecule has 0 aromatic carbocycles. The second-order valence-corrected chi connectivity index (χ2v) is 1.91. The number of nitrogens with zero attached hydrogens (tertiary/aromatic N) is 1. The molecule has 3 nitrogen and oxygen atoms in total. The van der Waals surface area contributed by atoms with Crippen molar-refractivity contribution in [2.75, 3.05) is 6.61 Å². The van der Waals surface area contributed by atoms with Crippen LogP contribution in [0, 0.1) is 0 Å². The molecule has 70 valence electrons. The van der Waals surface area contributed by atoms with Gasteiger partial charge in [0.2, 0.25) is 0 Å². The van der Waals surface area contributed by atoms with Gasteiger partial charge in [-0.1, -0.05) is 12.2 Å². The van der Waals surface area contributed by atoms with Crippen LogP contribution in [-0.4, -0.2) is 18.1 Å². The molecular formula is C8H15BrN2O. The standard InChI is InChI=1S/C5H10O.C3H4N2.BrH/c1-2-3-4-5-6;1-2-5-3-4-1;/h2-3,6H,4-5H2,1H3;1-3H,(H,4,5);1H. The lowest BCUT2D eigenvalue weighted by molar-refractivity contribution is -0.447. The van der Waals surface area contributed by atoms with Gasteiger partial charge in [-0.2, -0.15) is 0 Å². The lowest BCUT2D eigenvalue weighted by Crippen LogP contribution is -3.00. The lowest BCUT2D eigenvalue weighted by atomic mass is 10.4. The lowest BCUT2D eigenvalue weighted by Gasteiger charge is -1.76. The van der Waals surface area contributed by atoms with Crippen molar-refractivity contribution in [1.29, 1.82) is 0 Å². The van der Waals surface area contributed by atoms with Gasteiger partial charge in [0.1, 0.15) is 6.20 Å². The third-order valence-corrected chi connectivity index (χ3v) is 0.987. The molecule has 4 heteroatoms. The first-order chi connectivity index (χ1) is 5.41. The van der Waals surface area contributed by atoms with E-state index in [0.717, 1.165) is 6.42 Å². The van der Waals surface area contributed by atoms with E-state index in [0.29, 0.717) is 0 Å². The highest BCUT2D eigenvalue weighted by molar-refractivity contribution is 5.45. The monoisotopic (exact) mass is 234 g/mol. The van der Waals surface area contributed by atoms with Gasteiger partial charge in [-0.25, -0.2) is 4.99 Å². The SMILES string of the molecule is C1=C[NH2+]C=N1.CC=CCCO.[Br-]. The molecule has 0 saturated carbocycles. The number of allylic oxidation sites excluding steroid dienone is 1. The Bertz CT molecular complexity index is 145. The van der Waals surface area contributed by atoms with Crippen LogP contribution in [0.2, 0.25) is 0 Å². The molecule has 0 radical (unpaired) electrons. The Hall–Kier alpha value is -0.450. The Kier molecular flexibility index (Phi) is 15.5. The zero-order valence-corrected chi connectivity index (χ0v) is 8.74.